The zero-order chi connectivity index (χ0) is 12.3. The van der Waals surface area contributed by atoms with Gasteiger partial charge in [0, 0.05) is 6.42 Å². The highest BCUT2D eigenvalue weighted by Gasteiger charge is 2.13. The van der Waals surface area contributed by atoms with E-state index < -0.39 is 0 Å². The van der Waals surface area contributed by atoms with E-state index in [2.05, 4.69) is 24.0 Å². The fourth-order valence-electron chi connectivity index (χ4n) is 1.63. The van der Waals surface area contributed by atoms with E-state index >= 15 is 0 Å². The first kappa shape index (κ1) is 11.6. The molecule has 0 bridgehead atoms. The smallest absolute Gasteiger partial charge is 0.227 e. The van der Waals surface area contributed by atoms with Gasteiger partial charge in [0.1, 0.15) is 5.75 Å². The van der Waals surface area contributed by atoms with Crippen LogP contribution in [-0.2, 0) is 6.42 Å². The molecule has 1 heterocycles. The van der Waals surface area contributed by atoms with Gasteiger partial charge in [0.2, 0.25) is 11.7 Å². The van der Waals surface area contributed by atoms with E-state index in [-0.39, 0.29) is 0 Å². The standard InChI is InChI=1S/C13H16N2O2/c1-9(2)8-12-14-13(15-17-12)10-6-4-5-7-11(10)16-3/h4-7,9H,8H2,1-3H3. The molecule has 17 heavy (non-hydrogen) atoms. The molecule has 0 fully saturated rings. The number of rotatable bonds is 4. The van der Waals surface area contributed by atoms with Crippen molar-refractivity contribution in [2.75, 3.05) is 7.11 Å². The molecule has 2 aromatic rings. The lowest BCUT2D eigenvalue weighted by molar-refractivity contribution is 0.363. The van der Waals surface area contributed by atoms with Crippen LogP contribution in [0.2, 0.25) is 0 Å². The number of para-hydroxylation sites is 1. The molecule has 1 aromatic heterocycles. The lowest BCUT2D eigenvalue weighted by Crippen LogP contribution is -1.94. The van der Waals surface area contributed by atoms with Gasteiger partial charge in [-0.25, -0.2) is 0 Å². The average molecular weight is 232 g/mol. The summed E-state index contributed by atoms with van der Waals surface area (Å²) in [5.74, 6) is 2.50. The summed E-state index contributed by atoms with van der Waals surface area (Å²) >= 11 is 0. The molecule has 0 N–H and O–H groups in total. The second-order valence-electron chi connectivity index (χ2n) is 4.31. The van der Waals surface area contributed by atoms with Crippen LogP contribution in [0, 0.1) is 5.92 Å². The highest BCUT2D eigenvalue weighted by atomic mass is 16.5. The van der Waals surface area contributed by atoms with Crippen molar-refractivity contribution in [3.8, 4) is 17.1 Å². The largest absolute Gasteiger partial charge is 0.496 e. The van der Waals surface area contributed by atoms with Crippen molar-refractivity contribution in [3.63, 3.8) is 0 Å². The maximum Gasteiger partial charge on any atom is 0.227 e. The van der Waals surface area contributed by atoms with Gasteiger partial charge >= 0.3 is 0 Å². The molecule has 0 aliphatic carbocycles. The van der Waals surface area contributed by atoms with Crippen LogP contribution in [-0.4, -0.2) is 17.3 Å². The molecule has 0 saturated carbocycles. The van der Waals surface area contributed by atoms with E-state index in [1.807, 2.05) is 24.3 Å². The van der Waals surface area contributed by atoms with E-state index in [9.17, 15) is 0 Å². The molecule has 2 rings (SSSR count). The van der Waals surface area contributed by atoms with Crippen molar-refractivity contribution in [3.05, 3.63) is 30.2 Å². The van der Waals surface area contributed by atoms with Gasteiger partial charge in [0.25, 0.3) is 0 Å². The topological polar surface area (TPSA) is 48.2 Å². The van der Waals surface area contributed by atoms with E-state index in [1.165, 1.54) is 0 Å². The minimum absolute atomic E-state index is 0.501. The maximum atomic E-state index is 5.27. The van der Waals surface area contributed by atoms with Crippen molar-refractivity contribution in [1.29, 1.82) is 0 Å². The summed E-state index contributed by atoms with van der Waals surface area (Å²) in [7, 11) is 1.63. The van der Waals surface area contributed by atoms with E-state index in [1.54, 1.807) is 7.11 Å². The number of methoxy groups -OCH3 is 1. The molecule has 0 amide bonds. The van der Waals surface area contributed by atoms with Crippen LogP contribution in [0.5, 0.6) is 5.75 Å². The van der Waals surface area contributed by atoms with E-state index in [0.29, 0.717) is 17.6 Å². The second kappa shape index (κ2) is 4.99. The molecule has 90 valence electrons. The molecule has 1 aromatic carbocycles. The third-order valence-corrected chi connectivity index (χ3v) is 2.40. The van der Waals surface area contributed by atoms with Crippen LogP contribution in [0.25, 0.3) is 11.4 Å². The third-order valence-electron chi connectivity index (χ3n) is 2.40. The summed E-state index contributed by atoms with van der Waals surface area (Å²) in [4.78, 5) is 4.37. The fraction of sp³-hybridized carbons (Fsp3) is 0.385. The quantitative estimate of drug-likeness (QED) is 0.813. The van der Waals surface area contributed by atoms with Crippen LogP contribution in [0.1, 0.15) is 19.7 Å². The number of benzene rings is 1. The SMILES string of the molecule is COc1ccccc1-c1noc(CC(C)C)n1. The van der Waals surface area contributed by atoms with Gasteiger partial charge in [-0.15, -0.1) is 0 Å². The number of ether oxygens (including phenoxy) is 1. The van der Waals surface area contributed by atoms with Crippen LogP contribution in [0.4, 0.5) is 0 Å². The van der Waals surface area contributed by atoms with Gasteiger partial charge in [-0.1, -0.05) is 31.1 Å². The molecule has 0 aliphatic heterocycles. The third kappa shape index (κ3) is 2.64. The number of hydrogen-bond donors (Lipinski definition) is 0. The Morgan fingerprint density at radius 2 is 2.06 bits per heavy atom. The first-order chi connectivity index (χ1) is 8.20. The van der Waals surface area contributed by atoms with Crippen molar-refractivity contribution in [2.45, 2.75) is 20.3 Å². The molecule has 0 unspecified atom stereocenters. The fourth-order valence-corrected chi connectivity index (χ4v) is 1.63. The Morgan fingerprint density at radius 3 is 2.76 bits per heavy atom. The first-order valence-electron chi connectivity index (χ1n) is 5.66. The second-order valence-corrected chi connectivity index (χ2v) is 4.31. The molecular weight excluding hydrogens is 216 g/mol. The Balaban J connectivity index is 2.30. The maximum absolute atomic E-state index is 5.27. The van der Waals surface area contributed by atoms with Gasteiger partial charge in [0.05, 0.1) is 12.7 Å². The summed E-state index contributed by atoms with van der Waals surface area (Å²) in [6.45, 7) is 4.24. The zero-order valence-electron chi connectivity index (χ0n) is 10.3. The minimum atomic E-state index is 0.501. The van der Waals surface area contributed by atoms with Gasteiger partial charge in [-0.2, -0.15) is 4.98 Å². The highest BCUT2D eigenvalue weighted by molar-refractivity contribution is 5.63. The van der Waals surface area contributed by atoms with E-state index in [4.69, 9.17) is 9.26 Å². The lowest BCUT2D eigenvalue weighted by Gasteiger charge is -2.03. The molecular formula is C13H16N2O2. The van der Waals surface area contributed by atoms with Crippen LogP contribution >= 0.6 is 0 Å². The van der Waals surface area contributed by atoms with Crippen molar-refractivity contribution < 1.29 is 9.26 Å². The lowest BCUT2D eigenvalue weighted by atomic mass is 10.1. The zero-order valence-corrected chi connectivity index (χ0v) is 10.3. The van der Waals surface area contributed by atoms with Gasteiger partial charge in [-0.05, 0) is 18.1 Å². The van der Waals surface area contributed by atoms with Crippen molar-refractivity contribution in [1.82, 2.24) is 10.1 Å². The van der Waals surface area contributed by atoms with Crippen LogP contribution < -0.4 is 4.74 Å². The molecule has 4 nitrogen and oxygen atoms in total. The molecule has 0 spiro atoms. The first-order valence-corrected chi connectivity index (χ1v) is 5.66. The number of nitrogens with zero attached hydrogens (tertiary/aromatic N) is 2. The Hall–Kier alpha value is -1.84. The van der Waals surface area contributed by atoms with Gasteiger partial charge in [-0.3, -0.25) is 0 Å². The molecule has 0 radical (unpaired) electrons. The monoisotopic (exact) mass is 232 g/mol. The predicted octanol–water partition coefficient (Wildman–Crippen LogP) is 2.94. The summed E-state index contributed by atoms with van der Waals surface area (Å²) in [6.07, 6.45) is 0.794. The van der Waals surface area contributed by atoms with Gasteiger partial charge < -0.3 is 9.26 Å². The molecule has 0 atom stereocenters. The molecule has 0 aliphatic rings. The van der Waals surface area contributed by atoms with Gasteiger partial charge in [0.15, 0.2) is 0 Å². The Kier molecular flexibility index (Phi) is 3.42. The Bertz CT molecular complexity index is 492. The Labute approximate surface area is 101 Å². The average Bonchev–Trinajstić information content (AvgIpc) is 2.76. The van der Waals surface area contributed by atoms with E-state index in [0.717, 1.165) is 17.7 Å². The summed E-state index contributed by atoms with van der Waals surface area (Å²) in [6, 6.07) is 7.64. The summed E-state index contributed by atoms with van der Waals surface area (Å²) < 4.78 is 10.5. The van der Waals surface area contributed by atoms with Crippen LogP contribution in [0.3, 0.4) is 0 Å². The summed E-state index contributed by atoms with van der Waals surface area (Å²) in [5, 5.41) is 3.98. The molecule has 4 heteroatoms. The summed E-state index contributed by atoms with van der Waals surface area (Å²) in [5.41, 5.74) is 0.855. The number of hydrogen-bond acceptors (Lipinski definition) is 4. The van der Waals surface area contributed by atoms with Crippen molar-refractivity contribution >= 4 is 0 Å². The Morgan fingerprint density at radius 1 is 1.29 bits per heavy atom. The molecule has 0 saturated heterocycles. The normalized spacial score (nSPS) is 10.8. The van der Waals surface area contributed by atoms with Crippen LogP contribution in [0.15, 0.2) is 28.8 Å². The predicted molar refractivity (Wildman–Crippen MR) is 64.8 cm³/mol. The van der Waals surface area contributed by atoms with Crippen molar-refractivity contribution in [2.24, 2.45) is 5.92 Å². The number of aromatic nitrogens is 2. The highest BCUT2D eigenvalue weighted by Crippen LogP contribution is 2.27. The minimum Gasteiger partial charge on any atom is -0.496 e.